The van der Waals surface area contributed by atoms with E-state index in [4.69, 9.17) is 0 Å². The number of carbonyl (C=O) groups is 2. The second-order valence-corrected chi connectivity index (χ2v) is 7.93. The van der Waals surface area contributed by atoms with E-state index >= 15 is 0 Å². The van der Waals surface area contributed by atoms with Crippen molar-refractivity contribution in [1.82, 2.24) is 0 Å². The first-order chi connectivity index (χ1) is 10.8. The maximum absolute atomic E-state index is 12.2. The highest BCUT2D eigenvalue weighted by Crippen LogP contribution is 2.23. The van der Waals surface area contributed by atoms with E-state index in [1.165, 1.54) is 18.4 Å². The van der Waals surface area contributed by atoms with Crippen LogP contribution in [0.2, 0.25) is 0 Å². The Morgan fingerprint density at radius 1 is 1.17 bits per heavy atom. The third kappa shape index (κ3) is 4.64. The molecule has 0 aliphatic carbocycles. The molecule has 0 aliphatic rings. The maximum Gasteiger partial charge on any atom is 0.350 e. The van der Waals surface area contributed by atoms with Crippen LogP contribution in [0, 0.1) is 0 Å². The van der Waals surface area contributed by atoms with Crippen LogP contribution in [0.1, 0.15) is 25.6 Å². The van der Waals surface area contributed by atoms with Crippen LogP contribution in [-0.4, -0.2) is 33.7 Å². The SMILES string of the molecule is COC(=O)c1sccc1NC(=O)c1ccc(CS(C)(=O)=O)cc1. The molecule has 1 amide bonds. The summed E-state index contributed by atoms with van der Waals surface area (Å²) >= 11 is 1.17. The van der Waals surface area contributed by atoms with Gasteiger partial charge < -0.3 is 10.1 Å². The van der Waals surface area contributed by atoms with Crippen LogP contribution in [0.15, 0.2) is 35.7 Å². The van der Waals surface area contributed by atoms with Crippen molar-refractivity contribution in [1.29, 1.82) is 0 Å². The fraction of sp³-hybridized carbons (Fsp3) is 0.200. The van der Waals surface area contributed by atoms with Crippen LogP contribution in [0.4, 0.5) is 5.69 Å². The summed E-state index contributed by atoms with van der Waals surface area (Å²) in [6, 6.07) is 7.88. The van der Waals surface area contributed by atoms with Crippen molar-refractivity contribution in [3.05, 3.63) is 51.7 Å². The molecule has 0 saturated heterocycles. The Labute approximate surface area is 138 Å². The molecule has 8 heteroatoms. The van der Waals surface area contributed by atoms with Gasteiger partial charge in [0.15, 0.2) is 9.84 Å². The largest absolute Gasteiger partial charge is 0.465 e. The number of thiophene rings is 1. The van der Waals surface area contributed by atoms with Crippen molar-refractivity contribution >= 4 is 38.7 Å². The second kappa shape index (κ2) is 6.93. The van der Waals surface area contributed by atoms with E-state index in [2.05, 4.69) is 10.1 Å². The molecule has 1 heterocycles. The topological polar surface area (TPSA) is 89.5 Å². The van der Waals surface area contributed by atoms with Crippen LogP contribution in [0.25, 0.3) is 0 Å². The highest BCUT2D eigenvalue weighted by atomic mass is 32.2. The molecule has 1 aromatic heterocycles. The van der Waals surface area contributed by atoms with Crippen LogP contribution in [0.5, 0.6) is 0 Å². The lowest BCUT2D eigenvalue weighted by atomic mass is 10.1. The Morgan fingerprint density at radius 3 is 2.39 bits per heavy atom. The van der Waals surface area contributed by atoms with Gasteiger partial charge >= 0.3 is 5.97 Å². The van der Waals surface area contributed by atoms with Crippen LogP contribution >= 0.6 is 11.3 Å². The van der Waals surface area contributed by atoms with Crippen LogP contribution < -0.4 is 5.32 Å². The number of benzene rings is 1. The Bertz CT molecular complexity index is 822. The lowest BCUT2D eigenvalue weighted by Gasteiger charge is -2.06. The summed E-state index contributed by atoms with van der Waals surface area (Å²) in [5.41, 5.74) is 1.35. The number of methoxy groups -OCH3 is 1. The Hall–Kier alpha value is -2.19. The number of nitrogens with one attached hydrogen (secondary N) is 1. The number of sulfone groups is 1. The number of carbonyl (C=O) groups excluding carboxylic acids is 2. The molecule has 6 nitrogen and oxygen atoms in total. The zero-order chi connectivity index (χ0) is 17.0. The monoisotopic (exact) mass is 353 g/mol. The molecule has 0 unspecified atom stereocenters. The number of ether oxygens (including phenoxy) is 1. The summed E-state index contributed by atoms with van der Waals surface area (Å²) in [6.45, 7) is 0. The first-order valence-corrected chi connectivity index (χ1v) is 9.48. The number of amides is 1. The van der Waals surface area contributed by atoms with Gasteiger partial charge in [-0.3, -0.25) is 4.79 Å². The molecule has 0 spiro atoms. The normalized spacial score (nSPS) is 11.0. The average molecular weight is 353 g/mol. The Morgan fingerprint density at radius 2 is 1.83 bits per heavy atom. The molecule has 0 bridgehead atoms. The predicted molar refractivity (Wildman–Crippen MR) is 88.6 cm³/mol. The van der Waals surface area contributed by atoms with E-state index in [1.807, 2.05) is 0 Å². The molecule has 0 saturated carbocycles. The predicted octanol–water partition coefficient (Wildman–Crippen LogP) is 2.33. The van der Waals surface area contributed by atoms with Gasteiger partial charge in [-0.15, -0.1) is 11.3 Å². The van der Waals surface area contributed by atoms with Crippen molar-refractivity contribution in [2.24, 2.45) is 0 Å². The highest BCUT2D eigenvalue weighted by Gasteiger charge is 2.16. The fourth-order valence-electron chi connectivity index (χ4n) is 1.91. The Balaban J connectivity index is 2.13. The maximum atomic E-state index is 12.2. The number of esters is 1. The molecule has 2 aromatic rings. The smallest absolute Gasteiger partial charge is 0.350 e. The molecule has 0 fully saturated rings. The zero-order valence-corrected chi connectivity index (χ0v) is 14.2. The van der Waals surface area contributed by atoms with Gasteiger partial charge in [0.05, 0.1) is 18.6 Å². The molecular weight excluding hydrogens is 338 g/mol. The van der Waals surface area contributed by atoms with Crippen molar-refractivity contribution in [3.63, 3.8) is 0 Å². The highest BCUT2D eigenvalue weighted by molar-refractivity contribution is 7.89. The number of anilines is 1. The van der Waals surface area contributed by atoms with Gasteiger partial charge in [-0.05, 0) is 29.1 Å². The third-order valence-corrected chi connectivity index (χ3v) is 4.68. The summed E-state index contributed by atoms with van der Waals surface area (Å²) < 4.78 is 27.1. The first kappa shape index (κ1) is 17.2. The van der Waals surface area contributed by atoms with Gasteiger partial charge in [-0.1, -0.05) is 12.1 Å². The van der Waals surface area contributed by atoms with E-state index in [1.54, 1.807) is 35.7 Å². The van der Waals surface area contributed by atoms with Gasteiger partial charge in [-0.25, -0.2) is 13.2 Å². The van der Waals surface area contributed by atoms with E-state index in [-0.39, 0.29) is 11.7 Å². The molecule has 1 N–H and O–H groups in total. The molecule has 0 aliphatic heterocycles. The van der Waals surface area contributed by atoms with Crippen molar-refractivity contribution in [2.75, 3.05) is 18.7 Å². The van der Waals surface area contributed by atoms with E-state index in [0.29, 0.717) is 21.7 Å². The second-order valence-electron chi connectivity index (χ2n) is 4.88. The van der Waals surface area contributed by atoms with Crippen molar-refractivity contribution in [2.45, 2.75) is 5.75 Å². The molecule has 0 radical (unpaired) electrons. The Kier molecular flexibility index (Phi) is 5.17. The molecular formula is C15H15NO5S2. The van der Waals surface area contributed by atoms with E-state index in [9.17, 15) is 18.0 Å². The average Bonchev–Trinajstić information content (AvgIpc) is 2.93. The molecule has 1 aromatic carbocycles. The standard InChI is InChI=1S/C15H15NO5S2/c1-21-15(18)13-12(7-8-22-13)16-14(17)11-5-3-10(4-6-11)9-23(2,19)20/h3-8H,9H2,1-2H3,(H,16,17). The molecule has 23 heavy (non-hydrogen) atoms. The number of hydrogen-bond acceptors (Lipinski definition) is 6. The fourth-order valence-corrected chi connectivity index (χ4v) is 3.47. The zero-order valence-electron chi connectivity index (χ0n) is 12.5. The van der Waals surface area contributed by atoms with Gasteiger partial charge in [0, 0.05) is 11.8 Å². The summed E-state index contributed by atoms with van der Waals surface area (Å²) in [5, 5.41) is 4.32. The van der Waals surface area contributed by atoms with Crippen molar-refractivity contribution < 1.29 is 22.7 Å². The third-order valence-electron chi connectivity index (χ3n) is 2.93. The van der Waals surface area contributed by atoms with Gasteiger partial charge in [0.1, 0.15) is 4.88 Å². The lowest BCUT2D eigenvalue weighted by Crippen LogP contribution is -2.14. The molecule has 0 atom stereocenters. The van der Waals surface area contributed by atoms with E-state index in [0.717, 1.165) is 6.26 Å². The van der Waals surface area contributed by atoms with Crippen molar-refractivity contribution in [3.8, 4) is 0 Å². The van der Waals surface area contributed by atoms with Gasteiger partial charge in [0.2, 0.25) is 0 Å². The van der Waals surface area contributed by atoms with Gasteiger partial charge in [0.25, 0.3) is 5.91 Å². The summed E-state index contributed by atoms with van der Waals surface area (Å²) in [4.78, 5) is 24.1. The minimum atomic E-state index is -3.12. The summed E-state index contributed by atoms with van der Waals surface area (Å²) in [6.07, 6.45) is 1.15. The summed E-state index contributed by atoms with van der Waals surface area (Å²) in [5.74, 6) is -0.982. The summed E-state index contributed by atoms with van der Waals surface area (Å²) in [7, 11) is -1.85. The van der Waals surface area contributed by atoms with Crippen LogP contribution in [-0.2, 0) is 20.3 Å². The number of rotatable bonds is 5. The van der Waals surface area contributed by atoms with E-state index < -0.39 is 15.8 Å². The van der Waals surface area contributed by atoms with Gasteiger partial charge in [-0.2, -0.15) is 0 Å². The quantitative estimate of drug-likeness (QED) is 0.833. The molecule has 2 rings (SSSR count). The minimum Gasteiger partial charge on any atom is -0.465 e. The number of hydrogen-bond donors (Lipinski definition) is 1. The minimum absolute atomic E-state index is 0.0775. The lowest BCUT2D eigenvalue weighted by molar-refractivity contribution is 0.0607. The first-order valence-electron chi connectivity index (χ1n) is 6.54. The molecule has 122 valence electrons. The van der Waals surface area contributed by atoms with Crippen LogP contribution in [0.3, 0.4) is 0 Å².